The Morgan fingerprint density at radius 2 is 1.52 bits per heavy atom. The first-order valence-electron chi connectivity index (χ1n) is 13.2. The highest BCUT2D eigenvalue weighted by molar-refractivity contribution is 6.30. The van der Waals surface area contributed by atoms with Gasteiger partial charge in [-0.3, -0.25) is 9.59 Å². The number of rotatable bonds is 9. The van der Waals surface area contributed by atoms with Gasteiger partial charge in [-0.1, -0.05) is 17.7 Å². The van der Waals surface area contributed by atoms with E-state index in [9.17, 15) is 14.7 Å². The van der Waals surface area contributed by atoms with Crippen molar-refractivity contribution in [3.8, 4) is 11.5 Å². The second-order valence-electron chi connectivity index (χ2n) is 9.94. The summed E-state index contributed by atoms with van der Waals surface area (Å²) in [7, 11) is 0. The van der Waals surface area contributed by atoms with Crippen LogP contribution in [0.2, 0.25) is 5.02 Å². The number of carbonyl (C=O) groups is 2. The summed E-state index contributed by atoms with van der Waals surface area (Å²) in [6, 6.07) is 19.2. The van der Waals surface area contributed by atoms with E-state index in [2.05, 4.69) is 15.5 Å². The van der Waals surface area contributed by atoms with E-state index in [1.807, 2.05) is 18.2 Å². The average molecular weight is 587 g/mol. The molecule has 3 aromatic rings. The largest absolute Gasteiger partial charge is 0.454 e. The number of ether oxygens (including phenoxy) is 2. The quantitative estimate of drug-likeness (QED) is 0.297. The molecule has 8 nitrogen and oxygen atoms in total. The minimum atomic E-state index is -0.848. The van der Waals surface area contributed by atoms with Crippen molar-refractivity contribution in [3.05, 3.63) is 88.4 Å². The van der Waals surface area contributed by atoms with E-state index in [0.717, 1.165) is 43.8 Å². The number of unbranched alkanes of at least 4 members (excludes halogenated alkanes) is 1. The third kappa shape index (κ3) is 7.26. The lowest BCUT2D eigenvalue weighted by Crippen LogP contribution is -2.43. The summed E-state index contributed by atoms with van der Waals surface area (Å²) in [4.78, 5) is 27.2. The first-order chi connectivity index (χ1) is 18.9. The topological polar surface area (TPSA) is 100 Å². The number of hydrogen-bond acceptors (Lipinski definition) is 6. The fourth-order valence-electron chi connectivity index (χ4n) is 4.90. The number of aliphatic hydroxyl groups is 1. The molecule has 0 bridgehead atoms. The summed E-state index contributed by atoms with van der Waals surface area (Å²) < 4.78 is 10.8. The van der Waals surface area contributed by atoms with Crippen LogP contribution in [-0.2, 0) is 5.60 Å². The molecule has 1 fully saturated rings. The summed E-state index contributed by atoms with van der Waals surface area (Å²) >= 11 is 5.87. The first-order valence-corrected chi connectivity index (χ1v) is 13.6. The van der Waals surface area contributed by atoms with Gasteiger partial charge in [0, 0.05) is 41.5 Å². The molecule has 40 heavy (non-hydrogen) atoms. The Morgan fingerprint density at radius 3 is 2.25 bits per heavy atom. The Hall–Kier alpha value is -3.30. The van der Waals surface area contributed by atoms with Crippen molar-refractivity contribution < 1.29 is 24.2 Å². The van der Waals surface area contributed by atoms with Crippen molar-refractivity contribution in [3.63, 3.8) is 0 Å². The lowest BCUT2D eigenvalue weighted by molar-refractivity contribution is -0.0261. The second-order valence-corrected chi connectivity index (χ2v) is 10.4. The van der Waals surface area contributed by atoms with Gasteiger partial charge in [0.05, 0.1) is 5.60 Å². The van der Waals surface area contributed by atoms with Crippen LogP contribution in [0.3, 0.4) is 0 Å². The molecule has 0 aliphatic carbocycles. The zero-order valence-electron chi connectivity index (χ0n) is 22.0. The highest BCUT2D eigenvalue weighted by atomic mass is 35.5. The number of halogens is 2. The molecule has 2 amide bonds. The van der Waals surface area contributed by atoms with Crippen molar-refractivity contribution in [1.82, 2.24) is 10.2 Å². The number of nitrogens with one attached hydrogen (secondary N) is 2. The monoisotopic (exact) mass is 585 g/mol. The molecule has 2 aliphatic rings. The Morgan fingerprint density at radius 1 is 0.875 bits per heavy atom. The summed E-state index contributed by atoms with van der Waals surface area (Å²) in [5.74, 6) is 1.04. The van der Waals surface area contributed by atoms with Crippen LogP contribution in [0.15, 0.2) is 66.7 Å². The second kappa shape index (κ2) is 13.4. The van der Waals surface area contributed by atoms with Gasteiger partial charge in [0.25, 0.3) is 11.8 Å². The maximum absolute atomic E-state index is 12.5. The zero-order chi connectivity index (χ0) is 27.2. The van der Waals surface area contributed by atoms with Gasteiger partial charge in [0.2, 0.25) is 6.79 Å². The predicted molar refractivity (Wildman–Crippen MR) is 157 cm³/mol. The van der Waals surface area contributed by atoms with Crippen LogP contribution in [0.25, 0.3) is 0 Å². The molecule has 0 atom stereocenters. The number of carbonyl (C=O) groups excluding carboxylic acids is 2. The summed E-state index contributed by atoms with van der Waals surface area (Å²) in [6.07, 6.45) is 3.15. The molecule has 3 N–H and O–H groups in total. The van der Waals surface area contributed by atoms with E-state index in [0.29, 0.717) is 47.0 Å². The molecule has 0 aromatic heterocycles. The molecule has 2 aliphatic heterocycles. The maximum atomic E-state index is 12.5. The molecule has 0 unspecified atom stereocenters. The van der Waals surface area contributed by atoms with Crippen molar-refractivity contribution in [2.75, 3.05) is 38.3 Å². The molecule has 0 radical (unpaired) electrons. The van der Waals surface area contributed by atoms with Crippen LogP contribution in [0.1, 0.15) is 52.0 Å². The molecule has 10 heteroatoms. The average Bonchev–Trinajstić information content (AvgIpc) is 3.43. The van der Waals surface area contributed by atoms with Crippen molar-refractivity contribution >= 4 is 41.5 Å². The summed E-state index contributed by atoms with van der Waals surface area (Å²) in [6.45, 7) is 3.37. The number of anilines is 1. The lowest BCUT2D eigenvalue weighted by Gasteiger charge is -2.38. The Kier molecular flexibility index (Phi) is 9.92. The number of piperidine rings is 1. The standard InChI is InChI=1S/C30H32ClN3O5.ClH/c31-24-8-3-22(4-9-24)29(36)33-25-10-5-21(6-11-25)28(35)32-15-1-2-16-34-17-13-30(37,14-18-34)23-7-12-26-27(19-23)39-20-38-26;/h3-12,19,37H,1-2,13-18,20H2,(H,32,35)(H,33,36);1H. The highest BCUT2D eigenvalue weighted by Gasteiger charge is 2.34. The number of amides is 2. The molecule has 2 heterocycles. The van der Waals surface area contributed by atoms with Crippen LogP contribution in [-0.4, -0.2) is 54.8 Å². The van der Waals surface area contributed by atoms with Gasteiger partial charge in [-0.25, -0.2) is 0 Å². The van der Waals surface area contributed by atoms with E-state index in [1.165, 1.54) is 0 Å². The number of likely N-dealkylation sites (tertiary alicyclic amines) is 1. The van der Waals surface area contributed by atoms with Crippen LogP contribution < -0.4 is 20.1 Å². The van der Waals surface area contributed by atoms with Gasteiger partial charge >= 0.3 is 0 Å². The normalized spacial score (nSPS) is 15.7. The molecule has 0 saturated carbocycles. The lowest BCUT2D eigenvalue weighted by atomic mass is 9.84. The first kappa shape index (κ1) is 29.7. The Bertz CT molecular complexity index is 1310. The van der Waals surface area contributed by atoms with Gasteiger partial charge in [0.15, 0.2) is 11.5 Å². The van der Waals surface area contributed by atoms with Crippen molar-refractivity contribution in [2.45, 2.75) is 31.3 Å². The van der Waals surface area contributed by atoms with Gasteiger partial charge < -0.3 is 30.1 Å². The summed E-state index contributed by atoms with van der Waals surface area (Å²) in [5, 5.41) is 17.5. The molecule has 1 saturated heterocycles. The molecular formula is C30H33Cl2N3O5. The number of benzene rings is 3. The SMILES string of the molecule is Cl.O=C(NCCCCN1CCC(O)(c2ccc3c(c2)OCO3)CC1)c1ccc(NC(=O)c2ccc(Cl)cc2)cc1. The van der Waals surface area contributed by atoms with Gasteiger partial charge in [-0.05, 0) is 98.5 Å². The zero-order valence-corrected chi connectivity index (χ0v) is 23.6. The Balaban J connectivity index is 0.00000370. The van der Waals surface area contributed by atoms with Crippen LogP contribution in [0.5, 0.6) is 11.5 Å². The fraction of sp³-hybridized carbons (Fsp3) is 0.333. The molecule has 212 valence electrons. The minimum Gasteiger partial charge on any atom is -0.454 e. The third-order valence-electron chi connectivity index (χ3n) is 7.29. The van der Waals surface area contributed by atoms with Gasteiger partial charge in [-0.15, -0.1) is 12.4 Å². The number of hydrogen-bond donors (Lipinski definition) is 3. The smallest absolute Gasteiger partial charge is 0.255 e. The van der Waals surface area contributed by atoms with E-state index < -0.39 is 5.60 Å². The molecule has 3 aromatic carbocycles. The van der Waals surface area contributed by atoms with Crippen LogP contribution in [0, 0.1) is 0 Å². The van der Waals surface area contributed by atoms with E-state index >= 15 is 0 Å². The fourth-order valence-corrected chi connectivity index (χ4v) is 5.02. The minimum absolute atomic E-state index is 0. The number of fused-ring (bicyclic) bond motifs is 1. The highest BCUT2D eigenvalue weighted by Crippen LogP contribution is 2.39. The summed E-state index contributed by atoms with van der Waals surface area (Å²) in [5.41, 5.74) is 1.69. The predicted octanol–water partition coefficient (Wildman–Crippen LogP) is 5.24. The van der Waals surface area contributed by atoms with E-state index in [-0.39, 0.29) is 31.0 Å². The maximum Gasteiger partial charge on any atom is 0.255 e. The number of nitrogens with zero attached hydrogens (tertiary/aromatic N) is 1. The molecule has 0 spiro atoms. The van der Waals surface area contributed by atoms with Crippen LogP contribution >= 0.6 is 24.0 Å². The van der Waals surface area contributed by atoms with E-state index in [1.54, 1.807) is 48.5 Å². The molecular weight excluding hydrogens is 553 g/mol. The van der Waals surface area contributed by atoms with Crippen molar-refractivity contribution in [1.29, 1.82) is 0 Å². The van der Waals surface area contributed by atoms with Crippen molar-refractivity contribution in [2.24, 2.45) is 0 Å². The molecule has 5 rings (SSSR count). The van der Waals surface area contributed by atoms with Crippen LogP contribution in [0.4, 0.5) is 5.69 Å². The van der Waals surface area contributed by atoms with Gasteiger partial charge in [-0.2, -0.15) is 0 Å². The Labute approximate surface area is 245 Å². The van der Waals surface area contributed by atoms with Gasteiger partial charge in [0.1, 0.15) is 0 Å². The third-order valence-corrected chi connectivity index (χ3v) is 7.54. The van der Waals surface area contributed by atoms with E-state index in [4.69, 9.17) is 21.1 Å².